The van der Waals surface area contributed by atoms with Crippen LogP contribution in [0.4, 0.5) is 0 Å². The number of carbonyl (C=O) groups excluding carboxylic acids is 2. The molecule has 2 aromatic carbocycles. The third kappa shape index (κ3) is 6.33. The zero-order chi connectivity index (χ0) is 21.6. The molecule has 2 amide bonds. The predicted octanol–water partition coefficient (Wildman–Crippen LogP) is 5.15. The van der Waals surface area contributed by atoms with E-state index in [1.807, 2.05) is 24.3 Å². The Bertz CT molecular complexity index is 864. The summed E-state index contributed by atoms with van der Waals surface area (Å²) in [4.78, 5) is 23.0. The van der Waals surface area contributed by atoms with Crippen LogP contribution < -0.4 is 10.6 Å². The molecule has 0 heterocycles. The van der Waals surface area contributed by atoms with Gasteiger partial charge in [-0.1, -0.05) is 75.7 Å². The van der Waals surface area contributed by atoms with E-state index in [1.54, 1.807) is 0 Å². The van der Waals surface area contributed by atoms with Crippen LogP contribution in [0.3, 0.4) is 0 Å². The lowest BCUT2D eigenvalue weighted by atomic mass is 9.80. The van der Waals surface area contributed by atoms with Crippen LogP contribution in [0.25, 0.3) is 11.1 Å². The van der Waals surface area contributed by atoms with Crippen molar-refractivity contribution < 1.29 is 9.59 Å². The van der Waals surface area contributed by atoms with E-state index < -0.39 is 0 Å². The maximum absolute atomic E-state index is 12.0. The molecule has 0 fully saturated rings. The highest BCUT2D eigenvalue weighted by Gasteiger charge is 2.19. The van der Waals surface area contributed by atoms with Crippen molar-refractivity contribution in [3.8, 4) is 11.1 Å². The molecule has 2 rings (SSSR count). The van der Waals surface area contributed by atoms with Gasteiger partial charge in [0.05, 0.1) is 6.54 Å². The molecule has 0 radical (unpaired) electrons. The Morgan fingerprint density at radius 3 is 2.28 bits per heavy atom. The largest absolute Gasteiger partial charge is 0.350 e. The van der Waals surface area contributed by atoms with Gasteiger partial charge in [0, 0.05) is 24.1 Å². The lowest BCUT2D eigenvalue weighted by Crippen LogP contribution is -2.35. The number of nitrogens with one attached hydrogen (secondary N) is 2. The number of carbonyl (C=O) groups is 2. The van der Waals surface area contributed by atoms with Crippen molar-refractivity contribution in [1.82, 2.24) is 10.6 Å². The third-order valence-electron chi connectivity index (χ3n) is 5.64. The van der Waals surface area contributed by atoms with E-state index in [0.29, 0.717) is 29.3 Å². The highest BCUT2D eigenvalue weighted by Crippen LogP contribution is 2.36. The summed E-state index contributed by atoms with van der Waals surface area (Å²) in [5.74, 6) is 1.07. The first-order chi connectivity index (χ1) is 13.7. The molecule has 0 aliphatic rings. The molecule has 156 valence electrons. The van der Waals surface area contributed by atoms with Crippen molar-refractivity contribution in [3.05, 3.63) is 58.6 Å². The highest BCUT2D eigenvalue weighted by molar-refractivity contribution is 6.33. The number of hydrogen-bond acceptors (Lipinski definition) is 2. The Hall–Kier alpha value is -2.33. The van der Waals surface area contributed by atoms with Crippen molar-refractivity contribution in [3.63, 3.8) is 0 Å². The molecule has 0 spiro atoms. The summed E-state index contributed by atoms with van der Waals surface area (Å²) >= 11 is 6.49. The zero-order valence-corrected chi connectivity index (χ0v) is 18.6. The van der Waals surface area contributed by atoms with Crippen molar-refractivity contribution in [2.24, 2.45) is 11.8 Å². The lowest BCUT2D eigenvalue weighted by Gasteiger charge is -2.25. The van der Waals surface area contributed by atoms with Gasteiger partial charge in [0.15, 0.2) is 0 Å². The van der Waals surface area contributed by atoms with Gasteiger partial charge < -0.3 is 10.6 Å². The van der Waals surface area contributed by atoms with Gasteiger partial charge in [0.1, 0.15) is 0 Å². The van der Waals surface area contributed by atoms with Crippen LogP contribution in [-0.4, -0.2) is 18.4 Å². The summed E-state index contributed by atoms with van der Waals surface area (Å²) in [6.45, 7) is 10.8. The first kappa shape index (κ1) is 23.0. The normalized spacial score (nSPS) is 13.1. The second kappa shape index (κ2) is 10.4. The van der Waals surface area contributed by atoms with Crippen molar-refractivity contribution in [2.45, 2.75) is 47.1 Å². The first-order valence-electron chi connectivity index (χ1n) is 10.1. The summed E-state index contributed by atoms with van der Waals surface area (Å²) < 4.78 is 0. The molecule has 29 heavy (non-hydrogen) atoms. The van der Waals surface area contributed by atoms with Crippen LogP contribution in [0.15, 0.2) is 42.5 Å². The maximum Gasteiger partial charge on any atom is 0.239 e. The van der Waals surface area contributed by atoms with Crippen LogP contribution in [0.1, 0.15) is 51.7 Å². The molecule has 0 saturated heterocycles. The van der Waals surface area contributed by atoms with Crippen LogP contribution in [0.2, 0.25) is 5.02 Å². The Labute approximate surface area is 179 Å². The van der Waals surface area contributed by atoms with E-state index in [0.717, 1.165) is 16.7 Å². The summed E-state index contributed by atoms with van der Waals surface area (Å²) in [6.07, 6.45) is 0. The van der Waals surface area contributed by atoms with Gasteiger partial charge in [-0.2, -0.15) is 0 Å². The van der Waals surface area contributed by atoms with E-state index in [1.165, 1.54) is 12.5 Å². The molecule has 0 aliphatic carbocycles. The topological polar surface area (TPSA) is 58.2 Å². The highest BCUT2D eigenvalue weighted by atomic mass is 35.5. The van der Waals surface area contributed by atoms with Gasteiger partial charge in [0.2, 0.25) is 11.8 Å². The summed E-state index contributed by atoms with van der Waals surface area (Å²) in [5, 5.41) is 6.07. The molecule has 0 aliphatic heterocycles. The summed E-state index contributed by atoms with van der Waals surface area (Å²) in [5.41, 5.74) is 4.22. The van der Waals surface area contributed by atoms with Crippen molar-refractivity contribution >= 4 is 23.4 Å². The number of hydrogen-bond donors (Lipinski definition) is 2. The van der Waals surface area contributed by atoms with E-state index in [9.17, 15) is 9.59 Å². The fraction of sp³-hybridized carbons (Fsp3) is 0.417. The number of amides is 2. The minimum absolute atomic E-state index is 0.0300. The zero-order valence-electron chi connectivity index (χ0n) is 17.9. The fourth-order valence-corrected chi connectivity index (χ4v) is 3.54. The molecular weight excluding hydrogens is 384 g/mol. The van der Waals surface area contributed by atoms with Crippen LogP contribution in [0.5, 0.6) is 0 Å². The van der Waals surface area contributed by atoms with E-state index in [-0.39, 0.29) is 18.4 Å². The number of halogens is 1. The van der Waals surface area contributed by atoms with E-state index >= 15 is 0 Å². The second-order valence-electron chi connectivity index (χ2n) is 7.97. The molecule has 0 saturated carbocycles. The summed E-state index contributed by atoms with van der Waals surface area (Å²) in [6, 6.07) is 14.2. The standard InChI is InChI=1S/C24H31ClN2O2/c1-15(2)16(3)17(4)19-10-11-20(13-27-24(29)14-26-18(5)28)22(12-19)21-8-6-7-9-23(21)25/h6-12,15-17H,13-14H2,1-5H3,(H,26,28)(H,27,29)/t16-,17+/m0/s1. The predicted molar refractivity (Wildman–Crippen MR) is 120 cm³/mol. The van der Waals surface area contributed by atoms with Crippen molar-refractivity contribution in [2.75, 3.05) is 6.54 Å². The lowest BCUT2D eigenvalue weighted by molar-refractivity contribution is -0.125. The van der Waals surface area contributed by atoms with E-state index in [4.69, 9.17) is 11.6 Å². The van der Waals surface area contributed by atoms with Crippen LogP contribution in [0, 0.1) is 11.8 Å². The van der Waals surface area contributed by atoms with Gasteiger partial charge in [-0.3, -0.25) is 9.59 Å². The molecule has 4 nitrogen and oxygen atoms in total. The van der Waals surface area contributed by atoms with Gasteiger partial charge in [-0.15, -0.1) is 0 Å². The summed E-state index contributed by atoms with van der Waals surface area (Å²) in [7, 11) is 0. The molecule has 0 unspecified atom stereocenters. The van der Waals surface area contributed by atoms with Gasteiger partial charge >= 0.3 is 0 Å². The average Bonchev–Trinajstić information content (AvgIpc) is 2.69. The third-order valence-corrected chi connectivity index (χ3v) is 5.97. The Morgan fingerprint density at radius 1 is 0.966 bits per heavy atom. The molecule has 0 bridgehead atoms. The molecular formula is C24H31ClN2O2. The molecule has 2 N–H and O–H groups in total. The SMILES string of the molecule is CC(=O)NCC(=O)NCc1ccc([C@H](C)[C@@H](C)C(C)C)cc1-c1ccccc1Cl. The monoisotopic (exact) mass is 414 g/mol. The smallest absolute Gasteiger partial charge is 0.239 e. The Morgan fingerprint density at radius 2 is 1.66 bits per heavy atom. The Balaban J connectivity index is 2.34. The molecule has 2 aromatic rings. The first-order valence-corrected chi connectivity index (χ1v) is 10.5. The fourth-order valence-electron chi connectivity index (χ4n) is 3.30. The number of rotatable bonds is 8. The quantitative estimate of drug-likeness (QED) is 0.627. The number of benzene rings is 2. The van der Waals surface area contributed by atoms with Crippen LogP contribution >= 0.6 is 11.6 Å². The average molecular weight is 415 g/mol. The van der Waals surface area contributed by atoms with Gasteiger partial charge in [-0.25, -0.2) is 0 Å². The minimum Gasteiger partial charge on any atom is -0.350 e. The molecule has 0 aromatic heterocycles. The molecule has 2 atom stereocenters. The Kier molecular flexibility index (Phi) is 8.27. The van der Waals surface area contributed by atoms with Gasteiger partial charge in [0.25, 0.3) is 0 Å². The van der Waals surface area contributed by atoms with Crippen LogP contribution in [-0.2, 0) is 16.1 Å². The minimum atomic E-state index is -0.227. The molecule has 5 heteroatoms. The van der Waals surface area contributed by atoms with Gasteiger partial charge in [-0.05, 0) is 40.5 Å². The van der Waals surface area contributed by atoms with Crippen molar-refractivity contribution in [1.29, 1.82) is 0 Å². The van der Waals surface area contributed by atoms with E-state index in [2.05, 4.69) is 56.5 Å². The second-order valence-corrected chi connectivity index (χ2v) is 8.38. The maximum atomic E-state index is 12.0.